The highest BCUT2D eigenvalue weighted by molar-refractivity contribution is 5.73. The molecule has 20 heavy (non-hydrogen) atoms. The number of aliphatic hydroxyl groups excluding tert-OH is 1. The molecular formula is C15H21FN2O2. The number of carbonyl (C=O) groups excluding carboxylic acids is 1. The molecule has 0 aliphatic carbocycles. The monoisotopic (exact) mass is 280 g/mol. The van der Waals surface area contributed by atoms with Gasteiger partial charge < -0.3 is 15.3 Å². The summed E-state index contributed by atoms with van der Waals surface area (Å²) >= 11 is 0. The van der Waals surface area contributed by atoms with Crippen LogP contribution in [0.5, 0.6) is 0 Å². The number of aliphatic hydroxyl groups is 1. The van der Waals surface area contributed by atoms with Crippen molar-refractivity contribution in [1.29, 1.82) is 0 Å². The van der Waals surface area contributed by atoms with Crippen LogP contribution in [0.15, 0.2) is 18.2 Å². The fourth-order valence-electron chi connectivity index (χ4n) is 2.74. The molecule has 4 nitrogen and oxygen atoms in total. The van der Waals surface area contributed by atoms with Crippen molar-refractivity contribution in [2.75, 3.05) is 18.0 Å². The Morgan fingerprint density at radius 2 is 2.10 bits per heavy atom. The number of halogens is 1. The van der Waals surface area contributed by atoms with Gasteiger partial charge in [0.05, 0.1) is 11.8 Å². The van der Waals surface area contributed by atoms with E-state index in [-0.39, 0.29) is 17.8 Å². The molecule has 1 fully saturated rings. The molecule has 1 aromatic rings. The summed E-state index contributed by atoms with van der Waals surface area (Å²) in [7, 11) is 0. The molecule has 1 aliphatic heterocycles. The van der Waals surface area contributed by atoms with Gasteiger partial charge in [-0.05, 0) is 25.8 Å². The minimum Gasteiger partial charge on any atom is -0.389 e. The van der Waals surface area contributed by atoms with Crippen molar-refractivity contribution >= 4 is 11.6 Å². The standard InChI is InChI=1S/C15H21FN2O2/c1-10(19)13-4-3-5-14(16)15(13)18-8-6-12(7-9-18)17-11(2)20/h3-5,10,12,19H,6-9H2,1-2H3,(H,17,20)/t10-/m1/s1. The van der Waals surface area contributed by atoms with E-state index in [1.165, 1.54) is 13.0 Å². The van der Waals surface area contributed by atoms with Gasteiger partial charge in [-0.25, -0.2) is 4.39 Å². The number of carbonyl (C=O) groups is 1. The second kappa shape index (κ2) is 6.22. The average molecular weight is 280 g/mol. The van der Waals surface area contributed by atoms with E-state index in [9.17, 15) is 14.3 Å². The van der Waals surface area contributed by atoms with Crippen molar-refractivity contribution in [1.82, 2.24) is 5.32 Å². The summed E-state index contributed by atoms with van der Waals surface area (Å²) < 4.78 is 14.1. The van der Waals surface area contributed by atoms with E-state index in [0.29, 0.717) is 24.3 Å². The third kappa shape index (κ3) is 3.28. The van der Waals surface area contributed by atoms with Crippen LogP contribution < -0.4 is 10.2 Å². The number of amides is 1. The van der Waals surface area contributed by atoms with Crippen molar-refractivity contribution in [2.24, 2.45) is 0 Å². The van der Waals surface area contributed by atoms with Gasteiger partial charge in [0.15, 0.2) is 0 Å². The Morgan fingerprint density at radius 1 is 1.45 bits per heavy atom. The van der Waals surface area contributed by atoms with Crippen LogP contribution in [0.2, 0.25) is 0 Å². The van der Waals surface area contributed by atoms with Crippen LogP contribution in [0.25, 0.3) is 0 Å². The van der Waals surface area contributed by atoms with E-state index in [2.05, 4.69) is 5.32 Å². The lowest BCUT2D eigenvalue weighted by Crippen LogP contribution is -2.44. The summed E-state index contributed by atoms with van der Waals surface area (Å²) in [4.78, 5) is 13.0. The predicted molar refractivity (Wildman–Crippen MR) is 76.1 cm³/mol. The summed E-state index contributed by atoms with van der Waals surface area (Å²) in [5.74, 6) is -0.333. The Hall–Kier alpha value is -1.62. The quantitative estimate of drug-likeness (QED) is 0.890. The van der Waals surface area contributed by atoms with Crippen molar-refractivity contribution in [3.63, 3.8) is 0 Å². The van der Waals surface area contributed by atoms with E-state index in [1.54, 1.807) is 19.1 Å². The number of hydrogen-bond acceptors (Lipinski definition) is 3. The van der Waals surface area contributed by atoms with Gasteiger partial charge in [-0.2, -0.15) is 0 Å². The first-order valence-corrected chi connectivity index (χ1v) is 6.97. The van der Waals surface area contributed by atoms with Crippen LogP contribution in [0.1, 0.15) is 38.4 Å². The van der Waals surface area contributed by atoms with Gasteiger partial charge in [-0.15, -0.1) is 0 Å². The zero-order chi connectivity index (χ0) is 14.7. The first-order chi connectivity index (χ1) is 9.49. The molecule has 2 N–H and O–H groups in total. The lowest BCUT2D eigenvalue weighted by atomic mass is 10.0. The molecule has 1 aliphatic rings. The number of anilines is 1. The minimum absolute atomic E-state index is 0.0287. The largest absolute Gasteiger partial charge is 0.389 e. The molecule has 0 radical (unpaired) electrons. The number of nitrogens with one attached hydrogen (secondary N) is 1. The molecule has 0 spiro atoms. The second-order valence-electron chi connectivity index (χ2n) is 5.32. The summed E-state index contributed by atoms with van der Waals surface area (Å²) in [5, 5.41) is 12.7. The molecule has 1 amide bonds. The van der Waals surface area contributed by atoms with Crippen LogP contribution in [0, 0.1) is 5.82 Å². The van der Waals surface area contributed by atoms with Gasteiger partial charge in [-0.1, -0.05) is 12.1 Å². The number of benzene rings is 1. The van der Waals surface area contributed by atoms with E-state index in [1.807, 2.05) is 4.90 Å². The first-order valence-electron chi connectivity index (χ1n) is 6.97. The van der Waals surface area contributed by atoms with Crippen LogP contribution in [0.4, 0.5) is 10.1 Å². The molecule has 0 unspecified atom stereocenters. The highest BCUT2D eigenvalue weighted by Crippen LogP contribution is 2.31. The molecule has 5 heteroatoms. The zero-order valence-electron chi connectivity index (χ0n) is 11.9. The van der Waals surface area contributed by atoms with Gasteiger partial charge in [-0.3, -0.25) is 4.79 Å². The van der Waals surface area contributed by atoms with Gasteiger partial charge in [0.25, 0.3) is 0 Å². The third-order valence-electron chi connectivity index (χ3n) is 3.69. The summed E-state index contributed by atoms with van der Waals surface area (Å²) in [6.07, 6.45) is 0.870. The highest BCUT2D eigenvalue weighted by Gasteiger charge is 2.24. The molecule has 1 heterocycles. The van der Waals surface area contributed by atoms with Crippen molar-refractivity contribution in [2.45, 2.75) is 38.8 Å². The Morgan fingerprint density at radius 3 is 2.65 bits per heavy atom. The van der Waals surface area contributed by atoms with Crippen LogP contribution >= 0.6 is 0 Å². The number of para-hydroxylation sites is 1. The lowest BCUT2D eigenvalue weighted by molar-refractivity contribution is -0.119. The second-order valence-corrected chi connectivity index (χ2v) is 5.32. The molecule has 1 aromatic carbocycles. The average Bonchev–Trinajstić information content (AvgIpc) is 2.39. The molecular weight excluding hydrogens is 259 g/mol. The summed E-state index contributed by atoms with van der Waals surface area (Å²) in [5.41, 5.74) is 1.10. The fraction of sp³-hybridized carbons (Fsp3) is 0.533. The fourth-order valence-corrected chi connectivity index (χ4v) is 2.74. The number of nitrogens with zero attached hydrogens (tertiary/aromatic N) is 1. The number of hydrogen-bond donors (Lipinski definition) is 2. The van der Waals surface area contributed by atoms with Crippen LogP contribution in [-0.4, -0.2) is 30.1 Å². The van der Waals surface area contributed by atoms with Gasteiger partial charge in [0.2, 0.25) is 5.91 Å². The molecule has 1 atom stereocenters. The molecule has 0 saturated carbocycles. The lowest BCUT2D eigenvalue weighted by Gasteiger charge is -2.35. The van der Waals surface area contributed by atoms with Crippen LogP contribution in [-0.2, 0) is 4.79 Å². The van der Waals surface area contributed by atoms with E-state index < -0.39 is 6.10 Å². The minimum atomic E-state index is -0.700. The number of rotatable bonds is 3. The van der Waals surface area contributed by atoms with Gasteiger partial charge in [0.1, 0.15) is 5.82 Å². The Labute approximate surface area is 118 Å². The third-order valence-corrected chi connectivity index (χ3v) is 3.69. The maximum Gasteiger partial charge on any atom is 0.217 e. The van der Waals surface area contributed by atoms with Gasteiger partial charge in [0, 0.05) is 31.6 Å². The molecule has 2 rings (SSSR count). The maximum absolute atomic E-state index is 14.1. The molecule has 0 aromatic heterocycles. The highest BCUT2D eigenvalue weighted by atomic mass is 19.1. The zero-order valence-corrected chi connectivity index (χ0v) is 11.9. The predicted octanol–water partition coefficient (Wildman–Crippen LogP) is 1.98. The van der Waals surface area contributed by atoms with E-state index in [0.717, 1.165) is 12.8 Å². The Kier molecular flexibility index (Phi) is 4.60. The normalized spacial score (nSPS) is 17.9. The molecule has 1 saturated heterocycles. The van der Waals surface area contributed by atoms with E-state index >= 15 is 0 Å². The maximum atomic E-state index is 14.1. The Bertz CT molecular complexity index is 483. The van der Waals surface area contributed by atoms with Crippen molar-refractivity contribution in [3.8, 4) is 0 Å². The van der Waals surface area contributed by atoms with Crippen molar-refractivity contribution < 1.29 is 14.3 Å². The Balaban J connectivity index is 2.12. The number of piperidine rings is 1. The molecule has 110 valence electrons. The van der Waals surface area contributed by atoms with Crippen molar-refractivity contribution in [3.05, 3.63) is 29.6 Å². The van der Waals surface area contributed by atoms with Gasteiger partial charge >= 0.3 is 0 Å². The first kappa shape index (κ1) is 14.8. The summed E-state index contributed by atoms with van der Waals surface area (Å²) in [6.45, 7) is 4.49. The van der Waals surface area contributed by atoms with Crippen LogP contribution in [0.3, 0.4) is 0 Å². The van der Waals surface area contributed by atoms with E-state index in [4.69, 9.17) is 0 Å². The smallest absolute Gasteiger partial charge is 0.217 e. The molecule has 0 bridgehead atoms. The SMILES string of the molecule is CC(=O)NC1CCN(c2c(F)cccc2[C@@H](C)O)CC1. The topological polar surface area (TPSA) is 52.6 Å². The summed E-state index contributed by atoms with van der Waals surface area (Å²) in [6, 6.07) is 4.94.